The van der Waals surface area contributed by atoms with Crippen molar-refractivity contribution in [2.45, 2.75) is 32.4 Å². The van der Waals surface area contributed by atoms with Gasteiger partial charge in [0.25, 0.3) is 23.6 Å². The predicted molar refractivity (Wildman–Crippen MR) is 173 cm³/mol. The van der Waals surface area contributed by atoms with Crippen molar-refractivity contribution in [2.75, 3.05) is 11.9 Å². The molecule has 0 aromatic heterocycles. The first-order valence-corrected chi connectivity index (χ1v) is 15.3. The van der Waals surface area contributed by atoms with Crippen LogP contribution >= 0.6 is 0 Å². The molecule has 2 aliphatic rings. The molecular formula is C36H30N4O8. The third-order valence-electron chi connectivity index (χ3n) is 7.87. The van der Waals surface area contributed by atoms with E-state index < -0.39 is 35.6 Å². The summed E-state index contributed by atoms with van der Waals surface area (Å²) in [6.07, 6.45) is 0.0493. The lowest BCUT2D eigenvalue weighted by Crippen LogP contribution is -2.54. The summed E-state index contributed by atoms with van der Waals surface area (Å²) in [5, 5.41) is 7.80. The Bertz CT molecular complexity index is 1940. The summed E-state index contributed by atoms with van der Waals surface area (Å²) in [5.41, 5.74) is 1.85. The van der Waals surface area contributed by atoms with Gasteiger partial charge in [-0.25, -0.2) is 0 Å². The first-order valence-electron chi connectivity index (χ1n) is 15.3. The molecule has 6 amide bonds. The number of anilines is 1. The molecule has 0 radical (unpaired) electrons. The van der Waals surface area contributed by atoms with Gasteiger partial charge < -0.3 is 20.1 Å². The minimum absolute atomic E-state index is 0.0114. The summed E-state index contributed by atoms with van der Waals surface area (Å²) in [6, 6.07) is 24.0. The van der Waals surface area contributed by atoms with Crippen LogP contribution in [0.3, 0.4) is 0 Å². The smallest absolute Gasteiger partial charge is 0.262 e. The average molecular weight is 647 g/mol. The SMILES string of the molecule is CCOc1ccc(Oc2ccccc2NC(=O)c2ccc(CNC(=O)c3ccc4c(c3)C(=O)N(C3CCC(=O)NC3=O)C4=O)cc2)cc1. The van der Waals surface area contributed by atoms with Crippen molar-refractivity contribution >= 4 is 41.1 Å². The molecule has 6 rings (SSSR count). The molecule has 12 heteroatoms. The van der Waals surface area contributed by atoms with E-state index in [-0.39, 0.29) is 42.0 Å². The van der Waals surface area contributed by atoms with E-state index in [9.17, 15) is 28.8 Å². The second kappa shape index (κ2) is 13.6. The van der Waals surface area contributed by atoms with Crippen LogP contribution in [0.15, 0.2) is 91.0 Å². The van der Waals surface area contributed by atoms with Gasteiger partial charge >= 0.3 is 0 Å². The van der Waals surface area contributed by atoms with Crippen LogP contribution < -0.4 is 25.4 Å². The van der Waals surface area contributed by atoms with E-state index in [0.717, 1.165) is 16.2 Å². The Hall–Kier alpha value is -6.30. The van der Waals surface area contributed by atoms with Crippen molar-refractivity contribution in [3.05, 3.63) is 119 Å². The van der Waals surface area contributed by atoms with Crippen molar-refractivity contribution in [2.24, 2.45) is 0 Å². The highest BCUT2D eigenvalue weighted by molar-refractivity contribution is 6.24. The maximum absolute atomic E-state index is 13.1. The Morgan fingerprint density at radius 1 is 0.812 bits per heavy atom. The third-order valence-corrected chi connectivity index (χ3v) is 7.87. The lowest BCUT2D eigenvalue weighted by molar-refractivity contribution is -0.136. The standard InChI is InChI=1S/C36H30N4O8/c1-2-47-24-12-14-25(15-13-24)48-30-6-4-3-5-28(30)38-33(43)22-9-7-21(8-10-22)20-37-32(42)23-11-16-26-27(19-23)36(46)40(35(26)45)29-17-18-31(41)39-34(29)44/h3-16,19,29H,2,17-18,20H2,1H3,(H,37,42)(H,38,43)(H,39,41,44). The van der Waals surface area contributed by atoms with E-state index in [0.29, 0.717) is 29.4 Å². The molecule has 1 unspecified atom stereocenters. The van der Waals surface area contributed by atoms with E-state index >= 15 is 0 Å². The van der Waals surface area contributed by atoms with Crippen molar-refractivity contribution in [3.8, 4) is 17.2 Å². The quantitative estimate of drug-likeness (QED) is 0.213. The van der Waals surface area contributed by atoms with Crippen LogP contribution in [0.5, 0.6) is 17.2 Å². The number of amides is 6. The highest BCUT2D eigenvalue weighted by Gasteiger charge is 2.44. The fourth-order valence-corrected chi connectivity index (χ4v) is 5.42. The molecule has 48 heavy (non-hydrogen) atoms. The normalized spacial score (nSPS) is 15.4. The molecule has 2 heterocycles. The first-order chi connectivity index (χ1) is 23.2. The molecule has 0 aliphatic carbocycles. The van der Waals surface area contributed by atoms with Gasteiger partial charge in [-0.1, -0.05) is 24.3 Å². The summed E-state index contributed by atoms with van der Waals surface area (Å²) in [7, 11) is 0. The van der Waals surface area contributed by atoms with Crippen molar-refractivity contribution in [1.82, 2.24) is 15.5 Å². The van der Waals surface area contributed by atoms with Gasteiger partial charge in [0.15, 0.2) is 5.75 Å². The number of benzene rings is 4. The highest BCUT2D eigenvalue weighted by Crippen LogP contribution is 2.31. The number of nitrogens with zero attached hydrogens (tertiary/aromatic N) is 1. The van der Waals surface area contributed by atoms with Crippen molar-refractivity contribution < 1.29 is 38.2 Å². The van der Waals surface area contributed by atoms with Gasteiger partial charge in [0, 0.05) is 24.1 Å². The van der Waals surface area contributed by atoms with Gasteiger partial charge in [-0.05, 0) is 85.6 Å². The molecule has 242 valence electrons. The lowest BCUT2D eigenvalue weighted by Gasteiger charge is -2.27. The Morgan fingerprint density at radius 2 is 1.50 bits per heavy atom. The average Bonchev–Trinajstić information content (AvgIpc) is 3.34. The topological polar surface area (TPSA) is 160 Å². The fourth-order valence-electron chi connectivity index (χ4n) is 5.42. The number of hydrogen-bond acceptors (Lipinski definition) is 8. The molecule has 0 saturated carbocycles. The van der Waals surface area contributed by atoms with Crippen molar-refractivity contribution in [3.63, 3.8) is 0 Å². The second-order valence-corrected chi connectivity index (χ2v) is 11.0. The molecular weight excluding hydrogens is 616 g/mol. The van der Waals surface area contributed by atoms with E-state index in [1.165, 1.54) is 18.2 Å². The number of imide groups is 2. The molecule has 0 bridgehead atoms. The predicted octanol–water partition coefficient (Wildman–Crippen LogP) is 4.46. The number of fused-ring (bicyclic) bond motifs is 1. The number of carbonyl (C=O) groups excluding carboxylic acids is 6. The maximum Gasteiger partial charge on any atom is 0.262 e. The van der Waals surface area contributed by atoms with Crippen LogP contribution in [-0.4, -0.2) is 53.0 Å². The Kier molecular flexibility index (Phi) is 8.97. The summed E-state index contributed by atoms with van der Waals surface area (Å²) >= 11 is 0. The summed E-state index contributed by atoms with van der Waals surface area (Å²) in [5.74, 6) is -1.56. The number of carbonyl (C=O) groups is 6. The molecule has 12 nitrogen and oxygen atoms in total. The summed E-state index contributed by atoms with van der Waals surface area (Å²) < 4.78 is 11.5. The van der Waals surface area contributed by atoms with Crippen LogP contribution in [-0.2, 0) is 16.1 Å². The third kappa shape index (κ3) is 6.63. The highest BCUT2D eigenvalue weighted by atomic mass is 16.5. The van der Waals surface area contributed by atoms with E-state index in [1.807, 2.05) is 6.92 Å². The lowest BCUT2D eigenvalue weighted by atomic mass is 10.0. The molecule has 4 aromatic rings. The van der Waals surface area contributed by atoms with Gasteiger partial charge in [-0.15, -0.1) is 0 Å². The van der Waals surface area contributed by atoms with E-state index in [1.54, 1.807) is 72.8 Å². The van der Waals surface area contributed by atoms with Crippen LogP contribution in [0.1, 0.15) is 66.8 Å². The van der Waals surface area contributed by atoms with E-state index in [4.69, 9.17) is 9.47 Å². The zero-order chi connectivity index (χ0) is 33.8. The van der Waals surface area contributed by atoms with Crippen LogP contribution in [0.2, 0.25) is 0 Å². The zero-order valence-corrected chi connectivity index (χ0v) is 25.8. The summed E-state index contributed by atoms with van der Waals surface area (Å²) in [6.45, 7) is 2.60. The molecule has 3 N–H and O–H groups in total. The molecule has 0 spiro atoms. The maximum atomic E-state index is 13.1. The number of para-hydroxylation sites is 2. The Labute approximate surface area is 275 Å². The number of hydrogen-bond donors (Lipinski definition) is 3. The van der Waals surface area contributed by atoms with Gasteiger partial charge in [-0.3, -0.25) is 39.0 Å². The number of piperidine rings is 1. The van der Waals surface area contributed by atoms with Crippen LogP contribution in [0.25, 0.3) is 0 Å². The molecule has 4 aromatic carbocycles. The van der Waals surface area contributed by atoms with Crippen molar-refractivity contribution in [1.29, 1.82) is 0 Å². The Balaban J connectivity index is 1.05. The van der Waals surface area contributed by atoms with Gasteiger partial charge in [0.05, 0.1) is 23.4 Å². The minimum atomic E-state index is -1.09. The van der Waals surface area contributed by atoms with Gasteiger partial charge in [-0.2, -0.15) is 0 Å². The number of rotatable bonds is 10. The first kappa shape index (κ1) is 31.7. The Morgan fingerprint density at radius 3 is 2.23 bits per heavy atom. The van der Waals surface area contributed by atoms with Crippen LogP contribution in [0.4, 0.5) is 5.69 Å². The second-order valence-electron chi connectivity index (χ2n) is 11.0. The van der Waals surface area contributed by atoms with Gasteiger partial charge in [0.1, 0.15) is 17.5 Å². The molecule has 1 fully saturated rings. The number of ether oxygens (including phenoxy) is 2. The van der Waals surface area contributed by atoms with Crippen LogP contribution in [0, 0.1) is 0 Å². The largest absolute Gasteiger partial charge is 0.494 e. The molecule has 1 atom stereocenters. The molecule has 1 saturated heterocycles. The monoisotopic (exact) mass is 646 g/mol. The summed E-state index contributed by atoms with van der Waals surface area (Å²) in [4.78, 5) is 76.7. The van der Waals surface area contributed by atoms with Gasteiger partial charge in [0.2, 0.25) is 11.8 Å². The molecule has 2 aliphatic heterocycles. The zero-order valence-electron chi connectivity index (χ0n) is 25.8. The number of nitrogens with one attached hydrogen (secondary N) is 3. The minimum Gasteiger partial charge on any atom is -0.494 e. The van der Waals surface area contributed by atoms with E-state index in [2.05, 4.69) is 16.0 Å². The fraction of sp³-hybridized carbons (Fsp3) is 0.167.